The van der Waals surface area contributed by atoms with Gasteiger partial charge in [-0.2, -0.15) is 0 Å². The van der Waals surface area contributed by atoms with Crippen molar-refractivity contribution in [3.63, 3.8) is 0 Å². The van der Waals surface area contributed by atoms with Gasteiger partial charge in [-0.15, -0.1) is 0 Å². The third kappa shape index (κ3) is 5.77. The monoisotopic (exact) mass is 560 g/mol. The SMILES string of the molecule is COc1ccc(C(CN(C)C)NS(=O)(=O)c2ccc(NCC3(c4ccccc4OC)CC3)c3cnccc23)cc1. The number of aromatic nitrogens is 1. The second-order valence-corrected chi connectivity index (χ2v) is 12.3. The van der Waals surface area contributed by atoms with E-state index < -0.39 is 16.1 Å². The summed E-state index contributed by atoms with van der Waals surface area (Å²) in [6, 6.07) is 20.4. The van der Waals surface area contributed by atoms with Crippen LogP contribution in [0.5, 0.6) is 11.5 Å². The van der Waals surface area contributed by atoms with Gasteiger partial charge in [-0.3, -0.25) is 4.98 Å². The normalized spacial score (nSPS) is 15.1. The zero-order valence-corrected chi connectivity index (χ0v) is 24.2. The van der Waals surface area contributed by atoms with Crippen LogP contribution in [0.4, 0.5) is 5.69 Å². The molecule has 40 heavy (non-hydrogen) atoms. The van der Waals surface area contributed by atoms with E-state index >= 15 is 0 Å². The van der Waals surface area contributed by atoms with Crippen molar-refractivity contribution in [3.05, 3.63) is 90.3 Å². The van der Waals surface area contributed by atoms with E-state index in [4.69, 9.17) is 9.47 Å². The van der Waals surface area contributed by atoms with Gasteiger partial charge in [-0.1, -0.05) is 30.3 Å². The molecule has 4 aromatic rings. The third-order valence-corrected chi connectivity index (χ3v) is 9.11. The number of nitrogens with zero attached hydrogens (tertiary/aromatic N) is 2. The Bertz CT molecular complexity index is 1590. The number of benzene rings is 3. The molecule has 1 aromatic heterocycles. The summed E-state index contributed by atoms with van der Waals surface area (Å²) in [5, 5.41) is 4.97. The Balaban J connectivity index is 1.43. The molecule has 3 aromatic carbocycles. The average molecular weight is 561 g/mol. The molecule has 1 unspecified atom stereocenters. The number of rotatable bonds is 12. The highest BCUT2D eigenvalue weighted by Crippen LogP contribution is 2.51. The minimum absolute atomic E-state index is 0.00873. The zero-order chi connectivity index (χ0) is 28.3. The van der Waals surface area contributed by atoms with Crippen molar-refractivity contribution < 1.29 is 17.9 Å². The van der Waals surface area contributed by atoms with Crippen molar-refractivity contribution in [2.45, 2.75) is 29.2 Å². The number of hydrogen-bond acceptors (Lipinski definition) is 7. The lowest BCUT2D eigenvalue weighted by molar-refractivity contribution is 0.363. The minimum Gasteiger partial charge on any atom is -0.497 e. The predicted octanol–water partition coefficient (Wildman–Crippen LogP) is 4.98. The number of anilines is 1. The van der Waals surface area contributed by atoms with Crippen LogP contribution >= 0.6 is 0 Å². The van der Waals surface area contributed by atoms with Gasteiger partial charge in [-0.05, 0) is 68.9 Å². The van der Waals surface area contributed by atoms with Crippen molar-refractivity contribution in [2.75, 3.05) is 46.7 Å². The van der Waals surface area contributed by atoms with Crippen molar-refractivity contribution in [2.24, 2.45) is 0 Å². The van der Waals surface area contributed by atoms with Gasteiger partial charge in [0.1, 0.15) is 11.5 Å². The highest BCUT2D eigenvalue weighted by atomic mass is 32.2. The highest BCUT2D eigenvalue weighted by molar-refractivity contribution is 7.89. The van der Waals surface area contributed by atoms with E-state index in [1.165, 1.54) is 5.56 Å². The van der Waals surface area contributed by atoms with E-state index in [1.807, 2.05) is 67.5 Å². The Morgan fingerprint density at radius 3 is 2.38 bits per heavy atom. The maximum atomic E-state index is 13.8. The quantitative estimate of drug-likeness (QED) is 0.253. The van der Waals surface area contributed by atoms with Crippen molar-refractivity contribution in [3.8, 4) is 11.5 Å². The molecule has 1 aliphatic rings. The first kappa shape index (κ1) is 27.9. The minimum atomic E-state index is -3.88. The molecule has 5 rings (SSSR count). The highest BCUT2D eigenvalue weighted by Gasteiger charge is 2.45. The molecule has 1 atom stereocenters. The Kier molecular flexibility index (Phi) is 7.98. The fourth-order valence-electron chi connectivity index (χ4n) is 5.25. The molecule has 210 valence electrons. The Morgan fingerprint density at radius 1 is 0.950 bits per heavy atom. The van der Waals surface area contributed by atoms with E-state index in [9.17, 15) is 8.42 Å². The molecule has 2 N–H and O–H groups in total. The standard InChI is InChI=1S/C31H36N4O4S/c1-35(2)20-28(22-9-11-23(38-3)12-10-22)34-40(36,37)30-14-13-27(25-19-32-18-15-24(25)30)33-21-31(16-17-31)26-7-5-6-8-29(26)39-4/h5-15,18-19,28,33-34H,16-17,20-21H2,1-4H3. The van der Waals surface area contributed by atoms with Gasteiger partial charge < -0.3 is 19.7 Å². The van der Waals surface area contributed by atoms with Gasteiger partial charge in [0.05, 0.1) is 25.2 Å². The second kappa shape index (κ2) is 11.4. The molecular formula is C31H36N4O4S. The van der Waals surface area contributed by atoms with Crippen LogP contribution in [0, 0.1) is 0 Å². The van der Waals surface area contributed by atoms with Crippen LogP contribution in [0.1, 0.15) is 30.0 Å². The van der Waals surface area contributed by atoms with E-state index in [1.54, 1.807) is 38.7 Å². The summed E-state index contributed by atoms with van der Waals surface area (Å²) < 4.78 is 41.5. The second-order valence-electron chi connectivity index (χ2n) is 10.6. The molecule has 0 spiro atoms. The molecule has 1 saturated carbocycles. The van der Waals surface area contributed by atoms with Crippen molar-refractivity contribution in [1.82, 2.24) is 14.6 Å². The summed E-state index contributed by atoms with van der Waals surface area (Å²) in [5.74, 6) is 1.61. The largest absolute Gasteiger partial charge is 0.497 e. The summed E-state index contributed by atoms with van der Waals surface area (Å²) >= 11 is 0. The molecule has 0 radical (unpaired) electrons. The Hall–Kier alpha value is -3.66. The summed E-state index contributed by atoms with van der Waals surface area (Å²) in [7, 11) is 3.27. The smallest absolute Gasteiger partial charge is 0.241 e. The average Bonchev–Trinajstić information content (AvgIpc) is 3.76. The van der Waals surface area contributed by atoms with Crippen LogP contribution in [-0.2, 0) is 15.4 Å². The fourth-order valence-corrected chi connectivity index (χ4v) is 6.68. The number of hydrogen-bond donors (Lipinski definition) is 2. The van der Waals surface area contributed by atoms with Gasteiger partial charge in [0.15, 0.2) is 0 Å². The molecule has 9 heteroatoms. The summed E-state index contributed by atoms with van der Waals surface area (Å²) in [6.07, 6.45) is 5.47. The number of methoxy groups -OCH3 is 2. The van der Waals surface area contributed by atoms with E-state index in [0.717, 1.165) is 41.0 Å². The number of nitrogens with one attached hydrogen (secondary N) is 2. The van der Waals surface area contributed by atoms with E-state index in [2.05, 4.69) is 21.1 Å². The van der Waals surface area contributed by atoms with Gasteiger partial charge in [0.25, 0.3) is 0 Å². The first-order valence-corrected chi connectivity index (χ1v) is 14.8. The predicted molar refractivity (Wildman–Crippen MR) is 159 cm³/mol. The fraction of sp³-hybridized carbons (Fsp3) is 0.323. The van der Waals surface area contributed by atoms with Crippen LogP contribution in [0.25, 0.3) is 10.8 Å². The van der Waals surface area contributed by atoms with Gasteiger partial charge in [0, 0.05) is 52.9 Å². The Labute approximate surface area is 236 Å². The number of sulfonamides is 1. The van der Waals surface area contributed by atoms with Crippen molar-refractivity contribution in [1.29, 1.82) is 0 Å². The van der Waals surface area contributed by atoms with Gasteiger partial charge in [-0.25, -0.2) is 13.1 Å². The number of para-hydroxylation sites is 1. The lowest BCUT2D eigenvalue weighted by atomic mass is 9.94. The number of ether oxygens (including phenoxy) is 2. The van der Waals surface area contributed by atoms with Crippen LogP contribution in [-0.4, -0.2) is 59.7 Å². The zero-order valence-electron chi connectivity index (χ0n) is 23.3. The number of likely N-dealkylation sites (N-methyl/N-ethyl adjacent to an activating group) is 1. The molecule has 1 heterocycles. The van der Waals surface area contributed by atoms with Crippen molar-refractivity contribution >= 4 is 26.5 Å². The molecule has 0 saturated heterocycles. The van der Waals surface area contributed by atoms with Gasteiger partial charge in [0.2, 0.25) is 10.0 Å². The summed E-state index contributed by atoms with van der Waals surface area (Å²) in [6.45, 7) is 1.21. The third-order valence-electron chi connectivity index (χ3n) is 7.58. The van der Waals surface area contributed by atoms with Crippen LogP contribution in [0.2, 0.25) is 0 Å². The number of pyridine rings is 1. The lowest BCUT2D eigenvalue weighted by Crippen LogP contribution is -2.35. The van der Waals surface area contributed by atoms with Crippen LogP contribution in [0.3, 0.4) is 0 Å². The molecule has 0 aliphatic heterocycles. The molecule has 8 nitrogen and oxygen atoms in total. The first-order valence-electron chi connectivity index (χ1n) is 13.3. The van der Waals surface area contributed by atoms with Crippen LogP contribution in [0.15, 0.2) is 84.0 Å². The number of fused-ring (bicyclic) bond motifs is 1. The topological polar surface area (TPSA) is 92.8 Å². The van der Waals surface area contributed by atoms with Gasteiger partial charge >= 0.3 is 0 Å². The molecule has 1 aliphatic carbocycles. The molecular weight excluding hydrogens is 524 g/mol. The van der Waals surface area contributed by atoms with Crippen LogP contribution < -0.4 is 19.5 Å². The summed E-state index contributed by atoms with van der Waals surface area (Å²) in [5.41, 5.74) is 2.89. The first-order chi connectivity index (χ1) is 19.3. The molecule has 1 fully saturated rings. The Morgan fingerprint density at radius 2 is 1.70 bits per heavy atom. The summed E-state index contributed by atoms with van der Waals surface area (Å²) in [4.78, 5) is 6.49. The molecule has 0 amide bonds. The maximum absolute atomic E-state index is 13.8. The van der Waals surface area contributed by atoms with E-state index in [0.29, 0.717) is 18.5 Å². The maximum Gasteiger partial charge on any atom is 0.241 e. The lowest BCUT2D eigenvalue weighted by Gasteiger charge is -2.24. The molecule has 0 bridgehead atoms. The van der Waals surface area contributed by atoms with E-state index in [-0.39, 0.29) is 10.3 Å².